The molecule has 0 amide bonds. The molecular weight excluding hydrogens is 524 g/mol. The van der Waals surface area contributed by atoms with Gasteiger partial charge in [0.2, 0.25) is 0 Å². The Morgan fingerprint density at radius 3 is 2.56 bits per heavy atom. The van der Waals surface area contributed by atoms with Crippen molar-refractivity contribution in [1.82, 2.24) is 0 Å². The van der Waals surface area contributed by atoms with Crippen molar-refractivity contribution in [2.45, 2.75) is 13.5 Å². The highest BCUT2D eigenvalue weighted by Gasteiger charge is 2.14. The van der Waals surface area contributed by atoms with Crippen molar-refractivity contribution in [2.75, 3.05) is 6.61 Å². The summed E-state index contributed by atoms with van der Waals surface area (Å²) >= 11 is 2.12. The molecule has 0 radical (unpaired) electrons. The molecule has 0 fully saturated rings. The Bertz CT molecular complexity index is 1220. The van der Waals surface area contributed by atoms with Crippen molar-refractivity contribution in [3.8, 4) is 17.6 Å². The van der Waals surface area contributed by atoms with Gasteiger partial charge in [0.1, 0.15) is 12.4 Å². The van der Waals surface area contributed by atoms with Crippen molar-refractivity contribution >= 4 is 40.2 Å². The zero-order valence-corrected chi connectivity index (χ0v) is 19.3. The number of rotatable bonds is 8. The number of ether oxygens (including phenoxy) is 2. The van der Waals surface area contributed by atoms with Crippen molar-refractivity contribution in [1.29, 1.82) is 5.26 Å². The van der Waals surface area contributed by atoms with Gasteiger partial charge in [0.15, 0.2) is 11.5 Å². The van der Waals surface area contributed by atoms with E-state index in [0.717, 1.165) is 3.57 Å². The topological polar surface area (TPSA) is 79.5 Å². The first-order chi connectivity index (χ1) is 15.4. The molecule has 0 aliphatic carbocycles. The van der Waals surface area contributed by atoms with E-state index in [1.807, 2.05) is 13.0 Å². The van der Waals surface area contributed by atoms with E-state index in [1.165, 1.54) is 18.2 Å². The average molecular weight is 543 g/mol. The van der Waals surface area contributed by atoms with Gasteiger partial charge in [0, 0.05) is 0 Å². The molecule has 0 aliphatic rings. The lowest BCUT2D eigenvalue weighted by Crippen LogP contribution is -2.03. The van der Waals surface area contributed by atoms with E-state index < -0.39 is 11.8 Å². The Balaban J connectivity index is 1.91. The quantitative estimate of drug-likeness (QED) is 0.209. The molecule has 0 aliphatic heterocycles. The second-order valence-electron chi connectivity index (χ2n) is 6.74. The van der Waals surface area contributed by atoms with Crippen LogP contribution >= 0.6 is 22.6 Å². The van der Waals surface area contributed by atoms with Gasteiger partial charge in [-0.05, 0) is 88.7 Å². The minimum absolute atomic E-state index is 0.166. The van der Waals surface area contributed by atoms with E-state index in [9.17, 15) is 14.4 Å². The number of allylic oxidation sites excluding steroid dienone is 1. The van der Waals surface area contributed by atoms with Crippen LogP contribution in [0.15, 0.2) is 60.7 Å². The first kappa shape index (κ1) is 23.3. The van der Waals surface area contributed by atoms with Gasteiger partial charge >= 0.3 is 5.97 Å². The maximum atomic E-state index is 13.6. The molecule has 32 heavy (non-hydrogen) atoms. The Labute approximate surface area is 198 Å². The zero-order valence-electron chi connectivity index (χ0n) is 17.1. The standard InChI is InChI=1S/C25H19FINO4/c1-2-31-23-12-17(10-20(14-28)18-6-4-8-21(26)13-18)11-22(27)24(23)32-15-16-5-3-7-19(9-16)25(29)30/h3-13H,2,15H2,1H3,(H,29,30)/b20-10-. The normalized spacial score (nSPS) is 11.0. The van der Waals surface area contributed by atoms with Gasteiger partial charge in [-0.25, -0.2) is 9.18 Å². The fourth-order valence-electron chi connectivity index (χ4n) is 3.03. The molecule has 7 heteroatoms. The highest BCUT2D eigenvalue weighted by molar-refractivity contribution is 14.1. The number of benzene rings is 3. The van der Waals surface area contributed by atoms with E-state index in [1.54, 1.807) is 42.5 Å². The zero-order chi connectivity index (χ0) is 23.1. The van der Waals surface area contributed by atoms with Crippen LogP contribution < -0.4 is 9.47 Å². The molecule has 0 unspecified atom stereocenters. The smallest absolute Gasteiger partial charge is 0.335 e. The lowest BCUT2D eigenvalue weighted by atomic mass is 10.0. The summed E-state index contributed by atoms with van der Waals surface area (Å²) in [4.78, 5) is 11.2. The number of aromatic carboxylic acids is 1. The molecule has 5 nitrogen and oxygen atoms in total. The highest BCUT2D eigenvalue weighted by Crippen LogP contribution is 2.36. The summed E-state index contributed by atoms with van der Waals surface area (Å²) in [5.41, 5.74) is 2.41. The minimum Gasteiger partial charge on any atom is -0.490 e. The Kier molecular flexibility index (Phi) is 7.84. The third-order valence-corrected chi connectivity index (χ3v) is 5.26. The van der Waals surface area contributed by atoms with Crippen molar-refractivity contribution in [2.24, 2.45) is 0 Å². The summed E-state index contributed by atoms with van der Waals surface area (Å²) in [6.07, 6.45) is 1.67. The Hall–Kier alpha value is -3.38. The molecule has 0 heterocycles. The largest absolute Gasteiger partial charge is 0.490 e. The van der Waals surface area contributed by atoms with Gasteiger partial charge in [-0.3, -0.25) is 0 Å². The average Bonchev–Trinajstić information content (AvgIpc) is 2.77. The number of carbonyl (C=O) groups is 1. The van der Waals surface area contributed by atoms with Crippen LogP contribution in [0, 0.1) is 20.7 Å². The van der Waals surface area contributed by atoms with Crippen molar-refractivity contribution in [3.63, 3.8) is 0 Å². The predicted octanol–water partition coefficient (Wildman–Crippen LogP) is 6.17. The van der Waals surface area contributed by atoms with Crippen LogP contribution in [0.25, 0.3) is 11.6 Å². The predicted molar refractivity (Wildman–Crippen MR) is 128 cm³/mol. The van der Waals surface area contributed by atoms with Crippen LogP contribution in [-0.4, -0.2) is 17.7 Å². The van der Waals surface area contributed by atoms with E-state index in [2.05, 4.69) is 28.7 Å². The number of halogens is 2. The number of carboxylic acids is 1. The Morgan fingerprint density at radius 2 is 1.88 bits per heavy atom. The van der Waals surface area contributed by atoms with Gasteiger partial charge in [0.05, 0.1) is 27.4 Å². The molecule has 1 N–H and O–H groups in total. The van der Waals surface area contributed by atoms with Crippen LogP contribution in [0.2, 0.25) is 0 Å². The summed E-state index contributed by atoms with van der Waals surface area (Å²) in [6.45, 7) is 2.42. The number of nitriles is 1. The van der Waals surface area contributed by atoms with Crippen LogP contribution in [-0.2, 0) is 6.61 Å². The maximum Gasteiger partial charge on any atom is 0.335 e. The first-order valence-electron chi connectivity index (χ1n) is 9.70. The van der Waals surface area contributed by atoms with Gasteiger partial charge in [-0.1, -0.05) is 24.3 Å². The molecule has 0 atom stereocenters. The molecule has 162 valence electrons. The van der Waals surface area contributed by atoms with E-state index >= 15 is 0 Å². The first-order valence-corrected chi connectivity index (χ1v) is 10.8. The molecule has 3 aromatic rings. The Morgan fingerprint density at radius 1 is 1.12 bits per heavy atom. The summed E-state index contributed by atoms with van der Waals surface area (Å²) < 4.78 is 26.0. The lowest BCUT2D eigenvalue weighted by molar-refractivity contribution is 0.0696. The molecule has 0 spiro atoms. The number of hydrogen-bond donors (Lipinski definition) is 1. The summed E-state index contributed by atoms with van der Waals surface area (Å²) in [6, 6.07) is 18.1. The maximum absolute atomic E-state index is 13.6. The third kappa shape index (κ3) is 5.86. The van der Waals surface area contributed by atoms with Crippen LogP contribution in [0.1, 0.15) is 34.0 Å². The van der Waals surface area contributed by atoms with E-state index in [-0.39, 0.29) is 12.2 Å². The van der Waals surface area contributed by atoms with E-state index in [4.69, 9.17) is 14.6 Å². The monoisotopic (exact) mass is 543 g/mol. The molecule has 0 bridgehead atoms. The van der Waals surface area contributed by atoms with Gasteiger partial charge in [-0.2, -0.15) is 5.26 Å². The second kappa shape index (κ2) is 10.8. The van der Waals surface area contributed by atoms with Gasteiger partial charge in [0.25, 0.3) is 0 Å². The molecule has 3 aromatic carbocycles. The number of carboxylic acid groups (broad SMARTS) is 1. The van der Waals surface area contributed by atoms with Gasteiger partial charge in [-0.15, -0.1) is 0 Å². The number of nitrogens with zero attached hydrogens (tertiary/aromatic N) is 1. The molecule has 3 rings (SSSR count). The van der Waals surface area contributed by atoms with E-state index in [0.29, 0.717) is 40.4 Å². The second-order valence-corrected chi connectivity index (χ2v) is 7.90. The fourth-order valence-corrected chi connectivity index (χ4v) is 3.81. The molecule has 0 saturated heterocycles. The summed E-state index contributed by atoms with van der Waals surface area (Å²) in [5, 5.41) is 18.7. The summed E-state index contributed by atoms with van der Waals surface area (Å²) in [7, 11) is 0. The summed E-state index contributed by atoms with van der Waals surface area (Å²) in [5.74, 6) is -0.394. The molecule has 0 saturated carbocycles. The van der Waals surface area contributed by atoms with Crippen molar-refractivity contribution < 1.29 is 23.8 Å². The highest BCUT2D eigenvalue weighted by atomic mass is 127. The van der Waals surface area contributed by atoms with Crippen LogP contribution in [0.4, 0.5) is 4.39 Å². The van der Waals surface area contributed by atoms with Crippen LogP contribution in [0.3, 0.4) is 0 Å². The molecular formula is C25H19FINO4. The minimum atomic E-state index is -1.00. The SMILES string of the molecule is CCOc1cc(/C=C(/C#N)c2cccc(F)c2)cc(I)c1OCc1cccc(C(=O)O)c1. The lowest BCUT2D eigenvalue weighted by Gasteiger charge is -2.15. The fraction of sp³-hybridized carbons (Fsp3) is 0.120. The van der Waals surface area contributed by atoms with Gasteiger partial charge < -0.3 is 14.6 Å². The van der Waals surface area contributed by atoms with Crippen LogP contribution in [0.5, 0.6) is 11.5 Å². The molecule has 0 aromatic heterocycles. The van der Waals surface area contributed by atoms with Crippen molar-refractivity contribution in [3.05, 3.63) is 92.3 Å². The number of hydrogen-bond acceptors (Lipinski definition) is 4. The third-order valence-electron chi connectivity index (χ3n) is 4.46.